The van der Waals surface area contributed by atoms with E-state index in [4.69, 9.17) is 4.42 Å². The van der Waals surface area contributed by atoms with Gasteiger partial charge in [-0.05, 0) is 12.1 Å². The summed E-state index contributed by atoms with van der Waals surface area (Å²) in [6, 6.07) is 6.89. The minimum absolute atomic E-state index is 0. The number of hydrogen-bond donors (Lipinski definition) is 0. The Morgan fingerprint density at radius 1 is 1.32 bits per heavy atom. The van der Waals surface area contributed by atoms with E-state index in [1.807, 2.05) is 0 Å². The van der Waals surface area contributed by atoms with Crippen LogP contribution < -0.4 is 69.3 Å². The fourth-order valence-corrected chi connectivity index (χ4v) is 1.66. The standard InChI is InChI=1S/C11H9NO4S.2Na/c13-9(14)5-6(11(15)17)10-12-7-3-1-2-4-8(7)16-10;;/h1-4,6H,5H2,(H,13,14)(H,15,17);;/q;2*+1/p-2. The van der Waals surface area contributed by atoms with Crippen LogP contribution in [0.15, 0.2) is 28.7 Å². The van der Waals surface area contributed by atoms with Crippen molar-refractivity contribution in [2.24, 2.45) is 0 Å². The fraction of sp³-hybridized carbons (Fsp3) is 0.182. The van der Waals surface area contributed by atoms with Gasteiger partial charge in [0.2, 0.25) is 5.89 Å². The van der Waals surface area contributed by atoms with Crippen LogP contribution in [0.2, 0.25) is 0 Å². The van der Waals surface area contributed by atoms with Crippen LogP contribution in [-0.2, 0) is 4.79 Å². The van der Waals surface area contributed by atoms with Gasteiger partial charge in [-0.3, -0.25) is 0 Å². The molecule has 88 valence electrons. The maximum absolute atomic E-state index is 11.2. The molecule has 0 fully saturated rings. The van der Waals surface area contributed by atoms with Crippen molar-refractivity contribution < 1.29 is 78.5 Å². The normalized spacial score (nSPS) is 11.2. The van der Waals surface area contributed by atoms with Gasteiger partial charge in [-0.2, -0.15) is 0 Å². The number of carbonyl (C=O) groups is 1. The molecule has 0 amide bonds. The number of hydrogen-bond acceptors (Lipinski definition) is 6. The Kier molecular flexibility index (Phi) is 8.38. The quantitative estimate of drug-likeness (QED) is 0.412. The van der Waals surface area contributed by atoms with Crippen LogP contribution in [0.3, 0.4) is 0 Å². The van der Waals surface area contributed by atoms with Crippen molar-refractivity contribution in [2.45, 2.75) is 12.3 Å². The minimum atomic E-state index is -1.37. The number of fused-ring (bicyclic) bond motifs is 1. The second kappa shape index (κ2) is 8.36. The van der Waals surface area contributed by atoms with Gasteiger partial charge in [0.05, 0.1) is 5.92 Å². The Morgan fingerprint density at radius 3 is 2.47 bits per heavy atom. The molecule has 8 heteroatoms. The van der Waals surface area contributed by atoms with Crippen molar-refractivity contribution in [3.05, 3.63) is 30.2 Å². The Hall–Kier alpha value is 0.0500. The van der Waals surface area contributed by atoms with Crippen molar-refractivity contribution in [1.29, 1.82) is 0 Å². The van der Waals surface area contributed by atoms with Crippen LogP contribution in [0.5, 0.6) is 0 Å². The number of benzene rings is 1. The Labute approximate surface area is 159 Å². The van der Waals surface area contributed by atoms with Crippen LogP contribution in [0.1, 0.15) is 18.2 Å². The summed E-state index contributed by atoms with van der Waals surface area (Å²) in [7, 11) is 0. The van der Waals surface area contributed by atoms with E-state index < -0.39 is 23.4 Å². The van der Waals surface area contributed by atoms with Gasteiger partial charge in [0.15, 0.2) is 5.58 Å². The first-order chi connectivity index (χ1) is 8.08. The third kappa shape index (κ3) is 4.82. The number of rotatable bonds is 4. The first-order valence-electron chi connectivity index (χ1n) is 4.84. The molecule has 19 heavy (non-hydrogen) atoms. The molecule has 0 radical (unpaired) electrons. The fourth-order valence-electron chi connectivity index (χ4n) is 1.48. The number of para-hydroxylation sites is 2. The van der Waals surface area contributed by atoms with Crippen LogP contribution in [0.4, 0.5) is 0 Å². The summed E-state index contributed by atoms with van der Waals surface area (Å²) >= 11 is 4.48. The average Bonchev–Trinajstić information content (AvgIpc) is 2.68. The third-order valence-electron chi connectivity index (χ3n) is 2.26. The van der Waals surface area contributed by atoms with Crippen LogP contribution in [0, 0.1) is 0 Å². The second-order valence-electron chi connectivity index (χ2n) is 3.47. The van der Waals surface area contributed by atoms with Crippen molar-refractivity contribution in [1.82, 2.24) is 4.98 Å². The number of carboxylic acids is 1. The molecule has 1 aromatic heterocycles. The van der Waals surface area contributed by atoms with Crippen LogP contribution in [0.25, 0.3) is 11.1 Å². The van der Waals surface area contributed by atoms with Crippen molar-refractivity contribution >= 4 is 34.3 Å². The van der Waals surface area contributed by atoms with Crippen LogP contribution in [-0.4, -0.2) is 16.0 Å². The topological polar surface area (TPSA) is 89.2 Å². The molecular formula is C11H7NNa2O4S. The van der Waals surface area contributed by atoms with Crippen molar-refractivity contribution in [2.75, 3.05) is 0 Å². The molecule has 0 aliphatic rings. The largest absolute Gasteiger partial charge is 1.00 e. The van der Waals surface area contributed by atoms with Gasteiger partial charge in [0.25, 0.3) is 0 Å². The van der Waals surface area contributed by atoms with Crippen molar-refractivity contribution in [3.8, 4) is 0 Å². The summed E-state index contributed by atoms with van der Waals surface area (Å²) in [6.07, 6.45) is -0.519. The Bertz CT molecular complexity index is 554. The minimum Gasteiger partial charge on any atom is -0.867 e. The van der Waals surface area contributed by atoms with Gasteiger partial charge in [-0.25, -0.2) is 4.98 Å². The number of oxazole rings is 1. The molecule has 1 heterocycles. The molecule has 0 saturated carbocycles. The smallest absolute Gasteiger partial charge is 0.867 e. The monoisotopic (exact) mass is 295 g/mol. The Morgan fingerprint density at radius 2 is 1.95 bits per heavy atom. The zero-order valence-electron chi connectivity index (χ0n) is 10.6. The van der Waals surface area contributed by atoms with E-state index in [-0.39, 0.29) is 65.0 Å². The number of aliphatic carboxylic acids is 1. The molecule has 1 aromatic carbocycles. The molecule has 0 saturated heterocycles. The molecule has 1 atom stereocenters. The number of carbonyl (C=O) groups excluding carboxylic acids is 1. The molecule has 2 rings (SSSR count). The SMILES string of the molecule is O=C([O-])CC(C([O-])=S)c1nc2ccccc2o1.[Na+].[Na+]. The summed E-state index contributed by atoms with van der Waals surface area (Å²) in [5.41, 5.74) is 1.05. The van der Waals surface area contributed by atoms with E-state index >= 15 is 0 Å². The predicted molar refractivity (Wildman–Crippen MR) is 59.0 cm³/mol. The average molecular weight is 295 g/mol. The van der Waals surface area contributed by atoms with E-state index in [9.17, 15) is 15.0 Å². The molecule has 0 aliphatic carbocycles. The molecular weight excluding hydrogens is 288 g/mol. The van der Waals surface area contributed by atoms with Gasteiger partial charge in [-0.15, -0.1) is 12.2 Å². The van der Waals surface area contributed by atoms with Crippen molar-refractivity contribution in [3.63, 3.8) is 0 Å². The number of carboxylic acid groups (broad SMARTS) is 1. The van der Waals surface area contributed by atoms with Gasteiger partial charge in [-0.1, -0.05) is 17.2 Å². The van der Waals surface area contributed by atoms with E-state index in [0.717, 1.165) is 0 Å². The second-order valence-corrected chi connectivity index (χ2v) is 3.87. The molecule has 0 N–H and O–H groups in total. The van der Waals surface area contributed by atoms with Crippen LogP contribution >= 0.6 is 12.2 Å². The predicted octanol–water partition coefficient (Wildman–Crippen LogP) is -6.25. The molecule has 2 aromatic rings. The number of aromatic nitrogens is 1. The molecule has 0 aliphatic heterocycles. The zero-order valence-corrected chi connectivity index (χ0v) is 15.4. The molecule has 5 nitrogen and oxygen atoms in total. The van der Waals surface area contributed by atoms with Gasteiger partial charge in [0.1, 0.15) is 5.52 Å². The number of nitrogens with zero attached hydrogens (tertiary/aromatic N) is 1. The number of thiocarbonyl (C=S) groups is 1. The molecule has 0 spiro atoms. The third-order valence-corrected chi connectivity index (χ3v) is 2.55. The van der Waals surface area contributed by atoms with E-state index in [2.05, 4.69) is 17.2 Å². The summed E-state index contributed by atoms with van der Waals surface area (Å²) in [6.45, 7) is 0. The van der Waals surface area contributed by atoms with E-state index in [1.54, 1.807) is 24.3 Å². The van der Waals surface area contributed by atoms with Gasteiger partial charge >= 0.3 is 59.1 Å². The summed E-state index contributed by atoms with van der Waals surface area (Å²) in [4.78, 5) is 14.6. The zero-order chi connectivity index (χ0) is 12.4. The maximum atomic E-state index is 11.2. The summed E-state index contributed by atoms with van der Waals surface area (Å²) < 4.78 is 5.30. The first-order valence-corrected chi connectivity index (χ1v) is 5.25. The summed E-state index contributed by atoms with van der Waals surface area (Å²) in [5.74, 6) is -2.41. The molecule has 1 unspecified atom stereocenters. The maximum Gasteiger partial charge on any atom is 1.00 e. The summed E-state index contributed by atoms with van der Waals surface area (Å²) in [5, 5.41) is 21.0. The van der Waals surface area contributed by atoms with E-state index in [0.29, 0.717) is 11.1 Å². The van der Waals surface area contributed by atoms with Gasteiger partial charge < -0.3 is 19.4 Å². The van der Waals surface area contributed by atoms with E-state index in [1.165, 1.54) is 0 Å². The molecule has 0 bridgehead atoms. The Balaban J connectivity index is 0.00000162. The van der Waals surface area contributed by atoms with Gasteiger partial charge in [0, 0.05) is 12.4 Å². The first kappa shape index (κ1) is 19.1.